The highest BCUT2D eigenvalue weighted by molar-refractivity contribution is 7.27. The third-order valence-electron chi connectivity index (χ3n) is 1.86. The van der Waals surface area contributed by atoms with Gasteiger partial charge in [0.2, 0.25) is 0 Å². The molecule has 1 atom stereocenters. The van der Waals surface area contributed by atoms with Gasteiger partial charge in [0.25, 0.3) is 0 Å². The Hall–Kier alpha value is -0.390. The van der Waals surface area contributed by atoms with E-state index in [0.717, 1.165) is 6.54 Å². The van der Waals surface area contributed by atoms with E-state index in [9.17, 15) is 0 Å². The predicted molar refractivity (Wildman–Crippen MR) is 57.9 cm³/mol. The van der Waals surface area contributed by atoms with Crippen LogP contribution in [-0.2, 0) is 6.54 Å². The normalized spacial score (nSPS) is 10.8. The molecule has 1 unspecified atom stereocenters. The van der Waals surface area contributed by atoms with Crippen LogP contribution in [0.5, 0.6) is 0 Å². The maximum atomic E-state index is 2.73. The lowest BCUT2D eigenvalue weighted by atomic mass is 10.1. The molecule has 12 heavy (non-hydrogen) atoms. The largest absolute Gasteiger partial charge is 0.305 e. The number of hydrogen-bond donors (Lipinski definition) is 0. The summed E-state index contributed by atoms with van der Waals surface area (Å²) in [6.07, 6.45) is 0. The van der Waals surface area contributed by atoms with Crippen LogP contribution in [0.3, 0.4) is 0 Å². The first-order valence-electron chi connectivity index (χ1n) is 4.09. The standard InChI is InChI=1S/C10H16NP/c1-8-4-5-10(12)6-9(8)7-11(2)3/h4-6H,7,12H2,1-3H3. The summed E-state index contributed by atoms with van der Waals surface area (Å²) in [7, 11) is 6.91. The zero-order chi connectivity index (χ0) is 9.14. The van der Waals surface area contributed by atoms with Crippen molar-refractivity contribution < 1.29 is 0 Å². The molecule has 0 aliphatic rings. The van der Waals surface area contributed by atoms with Crippen molar-refractivity contribution in [3.63, 3.8) is 0 Å². The van der Waals surface area contributed by atoms with Gasteiger partial charge in [0.05, 0.1) is 0 Å². The Morgan fingerprint density at radius 3 is 2.58 bits per heavy atom. The maximum Gasteiger partial charge on any atom is 0.0230 e. The summed E-state index contributed by atoms with van der Waals surface area (Å²) in [6, 6.07) is 6.51. The van der Waals surface area contributed by atoms with Gasteiger partial charge in [-0.2, -0.15) is 0 Å². The van der Waals surface area contributed by atoms with Crippen molar-refractivity contribution in [2.75, 3.05) is 14.1 Å². The highest BCUT2D eigenvalue weighted by Crippen LogP contribution is 2.08. The Labute approximate surface area is 77.0 Å². The fourth-order valence-electron chi connectivity index (χ4n) is 1.20. The van der Waals surface area contributed by atoms with E-state index in [-0.39, 0.29) is 0 Å². The van der Waals surface area contributed by atoms with E-state index in [1.807, 2.05) is 0 Å². The molecule has 0 fully saturated rings. The summed E-state index contributed by atoms with van der Waals surface area (Å²) >= 11 is 0. The Kier molecular flexibility index (Phi) is 3.25. The van der Waals surface area contributed by atoms with Crippen molar-refractivity contribution in [2.45, 2.75) is 13.5 Å². The Morgan fingerprint density at radius 2 is 2.00 bits per heavy atom. The van der Waals surface area contributed by atoms with Gasteiger partial charge in [-0.3, -0.25) is 0 Å². The number of aryl methyl sites for hydroxylation is 1. The number of hydrogen-bond acceptors (Lipinski definition) is 1. The zero-order valence-corrected chi connectivity index (χ0v) is 9.12. The summed E-state index contributed by atoms with van der Waals surface area (Å²) in [5, 5.41) is 1.26. The summed E-state index contributed by atoms with van der Waals surface area (Å²) < 4.78 is 0. The van der Waals surface area contributed by atoms with E-state index in [1.54, 1.807) is 0 Å². The molecule has 0 amide bonds. The first-order valence-corrected chi connectivity index (χ1v) is 4.67. The van der Waals surface area contributed by atoms with Crippen LogP contribution in [-0.4, -0.2) is 19.0 Å². The lowest BCUT2D eigenvalue weighted by Gasteiger charge is -2.12. The van der Waals surface area contributed by atoms with Crippen molar-refractivity contribution >= 4 is 14.5 Å². The second-order valence-electron chi connectivity index (χ2n) is 3.42. The van der Waals surface area contributed by atoms with Gasteiger partial charge < -0.3 is 4.90 Å². The summed E-state index contributed by atoms with van der Waals surface area (Å²) in [6.45, 7) is 3.18. The van der Waals surface area contributed by atoms with Crippen LogP contribution in [0.2, 0.25) is 0 Å². The molecule has 0 aliphatic carbocycles. The molecule has 1 aromatic rings. The minimum atomic E-state index is 1.02. The van der Waals surface area contributed by atoms with Crippen LogP contribution in [0.1, 0.15) is 11.1 Å². The fourth-order valence-corrected chi connectivity index (χ4v) is 1.50. The van der Waals surface area contributed by atoms with Crippen LogP contribution >= 0.6 is 9.24 Å². The monoisotopic (exact) mass is 181 g/mol. The third-order valence-corrected chi connectivity index (χ3v) is 2.22. The number of benzene rings is 1. The number of nitrogens with zero attached hydrogens (tertiary/aromatic N) is 1. The van der Waals surface area contributed by atoms with E-state index < -0.39 is 0 Å². The SMILES string of the molecule is Cc1ccc(P)cc1CN(C)C. The average Bonchev–Trinajstić information content (AvgIpc) is 1.96. The third kappa shape index (κ3) is 2.58. The molecular formula is C10H16NP. The van der Waals surface area contributed by atoms with Crippen molar-refractivity contribution in [3.8, 4) is 0 Å². The molecule has 0 bridgehead atoms. The second-order valence-corrected chi connectivity index (χ2v) is 4.09. The predicted octanol–water partition coefficient (Wildman–Crippen LogP) is 1.56. The molecule has 0 N–H and O–H groups in total. The van der Waals surface area contributed by atoms with E-state index in [0.29, 0.717) is 0 Å². The van der Waals surface area contributed by atoms with Gasteiger partial charge in [-0.25, -0.2) is 0 Å². The van der Waals surface area contributed by atoms with Crippen LogP contribution in [0, 0.1) is 6.92 Å². The van der Waals surface area contributed by atoms with Crippen molar-refractivity contribution in [3.05, 3.63) is 29.3 Å². The Balaban J connectivity index is 2.90. The molecule has 0 heterocycles. The van der Waals surface area contributed by atoms with E-state index >= 15 is 0 Å². The highest BCUT2D eigenvalue weighted by Gasteiger charge is 1.99. The quantitative estimate of drug-likeness (QED) is 0.626. The van der Waals surface area contributed by atoms with Gasteiger partial charge in [-0.15, -0.1) is 9.24 Å². The molecule has 1 nitrogen and oxygen atoms in total. The lowest BCUT2D eigenvalue weighted by Crippen LogP contribution is -2.12. The summed E-state index contributed by atoms with van der Waals surface area (Å²) in [5.74, 6) is 0. The van der Waals surface area contributed by atoms with Crippen LogP contribution in [0.4, 0.5) is 0 Å². The zero-order valence-electron chi connectivity index (χ0n) is 7.96. The smallest absolute Gasteiger partial charge is 0.0230 e. The molecule has 2 heteroatoms. The molecule has 0 saturated carbocycles. The average molecular weight is 181 g/mol. The minimum Gasteiger partial charge on any atom is -0.305 e. The lowest BCUT2D eigenvalue weighted by molar-refractivity contribution is 0.401. The molecule has 0 aromatic heterocycles. The molecule has 1 rings (SSSR count). The van der Waals surface area contributed by atoms with Crippen LogP contribution in [0.15, 0.2) is 18.2 Å². The van der Waals surface area contributed by atoms with Crippen molar-refractivity contribution in [1.29, 1.82) is 0 Å². The van der Waals surface area contributed by atoms with E-state index in [2.05, 4.69) is 53.4 Å². The Bertz CT molecular complexity index is 269. The topological polar surface area (TPSA) is 3.24 Å². The summed E-state index contributed by atoms with van der Waals surface area (Å²) in [4.78, 5) is 2.19. The van der Waals surface area contributed by atoms with Crippen molar-refractivity contribution in [1.82, 2.24) is 4.90 Å². The van der Waals surface area contributed by atoms with Gasteiger partial charge in [-0.1, -0.05) is 18.2 Å². The van der Waals surface area contributed by atoms with Crippen molar-refractivity contribution in [2.24, 2.45) is 0 Å². The molecular weight excluding hydrogens is 165 g/mol. The summed E-state index contributed by atoms with van der Waals surface area (Å²) in [5.41, 5.74) is 2.78. The first kappa shape index (κ1) is 9.70. The molecule has 66 valence electrons. The van der Waals surface area contributed by atoms with Gasteiger partial charge in [-0.05, 0) is 37.5 Å². The van der Waals surface area contributed by atoms with Gasteiger partial charge >= 0.3 is 0 Å². The second kappa shape index (κ2) is 4.02. The maximum absolute atomic E-state index is 2.73. The van der Waals surface area contributed by atoms with E-state index in [1.165, 1.54) is 16.4 Å². The molecule has 0 spiro atoms. The van der Waals surface area contributed by atoms with Gasteiger partial charge in [0.1, 0.15) is 0 Å². The van der Waals surface area contributed by atoms with E-state index in [4.69, 9.17) is 0 Å². The van der Waals surface area contributed by atoms with Crippen LogP contribution in [0.25, 0.3) is 0 Å². The molecule has 0 radical (unpaired) electrons. The molecule has 1 aromatic carbocycles. The van der Waals surface area contributed by atoms with Gasteiger partial charge in [0, 0.05) is 6.54 Å². The first-order chi connectivity index (χ1) is 5.59. The molecule has 0 aliphatic heterocycles. The van der Waals surface area contributed by atoms with Crippen LogP contribution < -0.4 is 5.30 Å². The molecule has 0 saturated heterocycles. The number of rotatable bonds is 2. The Morgan fingerprint density at radius 1 is 1.33 bits per heavy atom. The van der Waals surface area contributed by atoms with Gasteiger partial charge in [0.15, 0.2) is 0 Å². The highest BCUT2D eigenvalue weighted by atomic mass is 31.0. The fraction of sp³-hybridized carbons (Fsp3) is 0.400. The minimum absolute atomic E-state index is 1.02.